The molecule has 0 saturated heterocycles. The van der Waals surface area contributed by atoms with Crippen molar-refractivity contribution in [3.63, 3.8) is 0 Å². The van der Waals surface area contributed by atoms with Crippen LogP contribution >= 0.6 is 12.4 Å². The summed E-state index contributed by atoms with van der Waals surface area (Å²) >= 11 is 0. The van der Waals surface area contributed by atoms with Gasteiger partial charge in [0.05, 0.1) is 4.90 Å². The van der Waals surface area contributed by atoms with Crippen molar-refractivity contribution in [2.24, 2.45) is 0 Å². The number of nitrogens with one attached hydrogen (secondary N) is 2. The summed E-state index contributed by atoms with van der Waals surface area (Å²) in [4.78, 5) is 0.249. The lowest BCUT2D eigenvalue weighted by molar-refractivity contribution is 0.196. The number of ether oxygens (including phenoxy) is 1. The van der Waals surface area contributed by atoms with E-state index < -0.39 is 16.7 Å². The molecule has 1 unspecified atom stereocenters. The summed E-state index contributed by atoms with van der Waals surface area (Å²) in [7, 11) is -1.92. The number of halogens is 2. The van der Waals surface area contributed by atoms with Gasteiger partial charge in [-0.15, -0.1) is 12.4 Å². The highest BCUT2D eigenvalue weighted by Crippen LogP contribution is 2.21. The molecule has 1 aliphatic rings. The van der Waals surface area contributed by atoms with E-state index in [2.05, 4.69) is 10.0 Å². The Kier molecular flexibility index (Phi) is 7.71. The van der Waals surface area contributed by atoms with Crippen molar-refractivity contribution >= 4 is 22.4 Å². The Morgan fingerprint density at radius 1 is 1.41 bits per heavy atom. The van der Waals surface area contributed by atoms with Crippen LogP contribution in [-0.4, -0.2) is 41.4 Å². The Morgan fingerprint density at radius 3 is 2.86 bits per heavy atom. The van der Waals surface area contributed by atoms with Gasteiger partial charge < -0.3 is 10.1 Å². The molecule has 1 atom stereocenters. The van der Waals surface area contributed by atoms with Crippen molar-refractivity contribution in [2.75, 3.05) is 26.9 Å². The van der Waals surface area contributed by atoms with Crippen molar-refractivity contribution < 1.29 is 17.5 Å². The van der Waals surface area contributed by atoms with Crippen LogP contribution in [0.4, 0.5) is 4.39 Å². The van der Waals surface area contributed by atoms with Gasteiger partial charge in [0, 0.05) is 32.8 Å². The van der Waals surface area contributed by atoms with Gasteiger partial charge in [-0.25, -0.2) is 17.5 Å². The predicted octanol–water partition coefficient (Wildman–Crippen LogP) is 1.41. The van der Waals surface area contributed by atoms with Gasteiger partial charge in [-0.1, -0.05) is 6.07 Å². The molecule has 1 aliphatic heterocycles. The summed E-state index contributed by atoms with van der Waals surface area (Å²) in [5.41, 5.74) is 1.93. The minimum absolute atomic E-state index is 0. The Bertz CT molecular complexity index is 583. The molecule has 0 amide bonds. The molecule has 5 nitrogen and oxygen atoms in total. The Labute approximate surface area is 137 Å². The highest BCUT2D eigenvalue weighted by molar-refractivity contribution is 7.89. The van der Waals surface area contributed by atoms with E-state index in [4.69, 9.17) is 4.74 Å². The zero-order chi connectivity index (χ0) is 15.3. The number of hydrogen-bond acceptors (Lipinski definition) is 4. The molecule has 0 spiro atoms. The molecule has 0 aromatic heterocycles. The van der Waals surface area contributed by atoms with Crippen LogP contribution in [0, 0.1) is 0 Å². The molecule has 2 N–H and O–H groups in total. The molecule has 126 valence electrons. The molecule has 1 aromatic carbocycles. The number of fused-ring (bicyclic) bond motifs is 1. The van der Waals surface area contributed by atoms with Crippen LogP contribution in [0.3, 0.4) is 0 Å². The van der Waals surface area contributed by atoms with Gasteiger partial charge >= 0.3 is 0 Å². The summed E-state index contributed by atoms with van der Waals surface area (Å²) in [6, 6.07) is 4.85. The van der Waals surface area contributed by atoms with Crippen molar-refractivity contribution in [2.45, 2.75) is 30.3 Å². The first kappa shape index (κ1) is 19.3. The summed E-state index contributed by atoms with van der Waals surface area (Å²) in [5, 5.41) is 3.06. The van der Waals surface area contributed by atoms with E-state index in [0.717, 1.165) is 11.1 Å². The van der Waals surface area contributed by atoms with E-state index in [0.29, 0.717) is 32.5 Å². The van der Waals surface area contributed by atoms with Gasteiger partial charge in [-0.3, -0.25) is 0 Å². The maximum Gasteiger partial charge on any atom is 0.240 e. The first-order valence-corrected chi connectivity index (χ1v) is 8.45. The molecule has 0 bridgehead atoms. The molecule has 0 saturated carbocycles. The fourth-order valence-corrected chi connectivity index (χ4v) is 3.46. The highest BCUT2D eigenvalue weighted by Gasteiger charge is 2.21. The Morgan fingerprint density at radius 2 is 2.18 bits per heavy atom. The van der Waals surface area contributed by atoms with Gasteiger partial charge in [0.15, 0.2) is 0 Å². The van der Waals surface area contributed by atoms with Gasteiger partial charge in [0.1, 0.15) is 6.67 Å². The highest BCUT2D eigenvalue weighted by atomic mass is 35.5. The van der Waals surface area contributed by atoms with Gasteiger partial charge in [-0.05, 0) is 36.1 Å². The fourth-order valence-electron chi connectivity index (χ4n) is 2.34. The van der Waals surface area contributed by atoms with Crippen LogP contribution in [0.2, 0.25) is 0 Å². The summed E-state index contributed by atoms with van der Waals surface area (Å²) < 4.78 is 44.4. The maximum atomic E-state index is 12.7. The topological polar surface area (TPSA) is 67.4 Å². The van der Waals surface area contributed by atoms with Gasteiger partial charge in [-0.2, -0.15) is 0 Å². The lowest BCUT2D eigenvalue weighted by Gasteiger charge is -2.24. The Hall–Kier alpha value is -0.730. The molecule has 1 heterocycles. The quantitative estimate of drug-likeness (QED) is 0.728. The second-order valence-electron chi connectivity index (χ2n) is 5.11. The SMILES string of the molecule is COCCCNS(=O)(=O)c1ccc2c(c1)CNC(CF)C2.Cl. The van der Waals surface area contributed by atoms with Crippen molar-refractivity contribution in [3.8, 4) is 0 Å². The van der Waals surface area contributed by atoms with Gasteiger partial charge in [0.2, 0.25) is 10.0 Å². The van der Waals surface area contributed by atoms with Crippen LogP contribution in [0.25, 0.3) is 0 Å². The average molecular weight is 353 g/mol. The molecule has 1 aromatic rings. The third-order valence-corrected chi connectivity index (χ3v) is 5.00. The van der Waals surface area contributed by atoms with Crippen molar-refractivity contribution in [3.05, 3.63) is 29.3 Å². The summed E-state index contributed by atoms with van der Waals surface area (Å²) in [6.45, 7) is 0.939. The van der Waals surface area contributed by atoms with Crippen LogP contribution < -0.4 is 10.0 Å². The molecule has 22 heavy (non-hydrogen) atoms. The number of benzene rings is 1. The lowest BCUT2D eigenvalue weighted by atomic mass is 9.96. The van der Waals surface area contributed by atoms with E-state index in [1.165, 1.54) is 0 Å². The van der Waals surface area contributed by atoms with Gasteiger partial charge in [0.25, 0.3) is 0 Å². The second kappa shape index (κ2) is 8.79. The van der Waals surface area contributed by atoms with Crippen LogP contribution in [-0.2, 0) is 27.7 Å². The van der Waals surface area contributed by atoms with E-state index in [1.807, 2.05) is 0 Å². The van der Waals surface area contributed by atoms with E-state index >= 15 is 0 Å². The maximum absolute atomic E-state index is 12.7. The Balaban J connectivity index is 0.00000242. The molecular weight excluding hydrogens is 331 g/mol. The molecule has 0 radical (unpaired) electrons. The summed E-state index contributed by atoms with van der Waals surface area (Å²) in [5.74, 6) is 0. The van der Waals surface area contributed by atoms with Crippen molar-refractivity contribution in [1.29, 1.82) is 0 Å². The summed E-state index contributed by atoms with van der Waals surface area (Å²) in [6.07, 6.45) is 1.22. The third-order valence-electron chi connectivity index (χ3n) is 3.54. The second-order valence-corrected chi connectivity index (χ2v) is 6.88. The third kappa shape index (κ3) is 4.89. The molecule has 0 fully saturated rings. The standard InChI is InChI=1S/C14H21FN2O3S.ClH/c1-20-6-2-5-17-21(18,19)14-4-3-11-7-13(9-15)16-10-12(11)8-14;/h3-4,8,13,16-17H,2,5-7,9-10H2,1H3;1H. The van der Waals surface area contributed by atoms with E-state index in [1.54, 1.807) is 25.3 Å². The fraction of sp³-hybridized carbons (Fsp3) is 0.571. The average Bonchev–Trinajstić information content (AvgIpc) is 2.50. The monoisotopic (exact) mass is 352 g/mol. The number of hydrogen-bond donors (Lipinski definition) is 2. The van der Waals surface area contributed by atoms with E-state index in [-0.39, 0.29) is 23.3 Å². The van der Waals surface area contributed by atoms with Crippen LogP contribution in [0.1, 0.15) is 17.5 Å². The number of methoxy groups -OCH3 is 1. The minimum atomic E-state index is -3.50. The molecular formula is C14H22ClFN2O3S. The van der Waals surface area contributed by atoms with Crippen LogP contribution in [0.15, 0.2) is 23.1 Å². The van der Waals surface area contributed by atoms with E-state index in [9.17, 15) is 12.8 Å². The lowest BCUT2D eigenvalue weighted by Crippen LogP contribution is -2.37. The first-order valence-electron chi connectivity index (χ1n) is 6.96. The largest absolute Gasteiger partial charge is 0.385 e. The smallest absolute Gasteiger partial charge is 0.240 e. The molecule has 2 rings (SSSR count). The molecule has 0 aliphatic carbocycles. The zero-order valence-electron chi connectivity index (χ0n) is 12.5. The molecule has 8 heteroatoms. The zero-order valence-corrected chi connectivity index (χ0v) is 14.1. The number of sulfonamides is 1. The first-order chi connectivity index (χ1) is 10.1. The van der Waals surface area contributed by atoms with Crippen LogP contribution in [0.5, 0.6) is 0 Å². The predicted molar refractivity (Wildman–Crippen MR) is 85.7 cm³/mol. The minimum Gasteiger partial charge on any atom is -0.385 e. The number of alkyl halides is 1. The number of rotatable bonds is 7. The van der Waals surface area contributed by atoms with Crippen molar-refractivity contribution in [1.82, 2.24) is 10.0 Å². The normalized spacial score (nSPS) is 17.6.